The van der Waals surface area contributed by atoms with Gasteiger partial charge in [-0.1, -0.05) is 64.5 Å². The van der Waals surface area contributed by atoms with Crippen LogP contribution in [0.25, 0.3) is 0 Å². The molecule has 0 radical (unpaired) electrons. The molecule has 0 saturated heterocycles. The summed E-state index contributed by atoms with van der Waals surface area (Å²) in [6.07, 6.45) is 12.8. The molecule has 0 fully saturated rings. The molecule has 0 bridgehead atoms. The number of hydrogen-bond acceptors (Lipinski definition) is 3. The molecule has 0 aromatic rings. The monoisotopic (exact) mass is 310 g/mol. The zero-order chi connectivity index (χ0) is 16.8. The highest BCUT2D eigenvalue weighted by atomic mass is 16.5. The summed E-state index contributed by atoms with van der Waals surface area (Å²) in [5.41, 5.74) is 0.495. The first-order valence-corrected chi connectivity index (χ1v) is 8.67. The van der Waals surface area contributed by atoms with Crippen molar-refractivity contribution in [1.29, 1.82) is 0 Å². The summed E-state index contributed by atoms with van der Waals surface area (Å²) in [6.45, 7) is 8.45. The molecule has 0 rings (SSSR count). The number of carbonyl (C=O) groups is 1. The molecule has 3 heteroatoms. The van der Waals surface area contributed by atoms with Crippen LogP contribution in [0, 0.1) is 5.92 Å². The Morgan fingerprint density at radius 3 is 2.18 bits per heavy atom. The summed E-state index contributed by atoms with van der Waals surface area (Å²) in [4.78, 5) is 11.8. The highest BCUT2D eigenvalue weighted by Crippen LogP contribution is 2.11. The maximum atomic E-state index is 11.8. The highest BCUT2D eigenvalue weighted by Gasteiger charge is 2.06. The van der Waals surface area contributed by atoms with Crippen molar-refractivity contribution in [2.24, 2.45) is 5.92 Å². The van der Waals surface area contributed by atoms with Gasteiger partial charge in [0.25, 0.3) is 0 Å². The van der Waals surface area contributed by atoms with Crippen LogP contribution in [-0.4, -0.2) is 23.8 Å². The summed E-state index contributed by atoms with van der Waals surface area (Å²) in [5.74, 6) is 0.499. The third-order valence-electron chi connectivity index (χ3n) is 3.51. The van der Waals surface area contributed by atoms with E-state index >= 15 is 0 Å². The van der Waals surface area contributed by atoms with Gasteiger partial charge < -0.3 is 9.84 Å². The van der Waals surface area contributed by atoms with E-state index in [1.807, 2.05) is 0 Å². The Bertz CT molecular complexity index is 341. The van der Waals surface area contributed by atoms with Crippen LogP contribution in [0.3, 0.4) is 0 Å². The molecule has 0 spiro atoms. The zero-order valence-electron chi connectivity index (χ0n) is 14.8. The van der Waals surface area contributed by atoms with Gasteiger partial charge in [-0.15, -0.1) is 0 Å². The molecule has 0 aromatic heterocycles. The van der Waals surface area contributed by atoms with E-state index in [4.69, 9.17) is 4.74 Å². The normalized spacial score (nSPS) is 13.8. The Morgan fingerprint density at radius 1 is 1.05 bits per heavy atom. The number of rotatable bonds is 12. The third kappa shape index (κ3) is 12.6. The van der Waals surface area contributed by atoms with Gasteiger partial charge in [0.2, 0.25) is 0 Å². The van der Waals surface area contributed by atoms with Crippen molar-refractivity contribution in [3.8, 4) is 0 Å². The van der Waals surface area contributed by atoms with Crippen molar-refractivity contribution >= 4 is 5.97 Å². The quantitative estimate of drug-likeness (QED) is 0.244. The molecule has 0 amide bonds. The number of allylic oxidation sites excluding steroid dienone is 1. The Kier molecular flexibility index (Phi) is 12.9. The second-order valence-electron chi connectivity index (χ2n) is 6.28. The van der Waals surface area contributed by atoms with E-state index in [1.165, 1.54) is 32.1 Å². The molecular formula is C19H34O3. The van der Waals surface area contributed by atoms with Crippen LogP contribution in [0.1, 0.15) is 72.6 Å². The summed E-state index contributed by atoms with van der Waals surface area (Å²) in [7, 11) is 0. The average Bonchev–Trinajstić information content (AvgIpc) is 2.45. The molecule has 0 aromatic carbocycles. The molecule has 0 aliphatic rings. The van der Waals surface area contributed by atoms with Gasteiger partial charge in [0.1, 0.15) is 0 Å². The van der Waals surface area contributed by atoms with Crippen molar-refractivity contribution in [1.82, 2.24) is 0 Å². The SMILES string of the molecule is C/C=C(\C=C/C(C)O)C(=O)OCCCCCCCCC(C)C. The van der Waals surface area contributed by atoms with Gasteiger partial charge >= 0.3 is 5.97 Å². The first-order chi connectivity index (χ1) is 10.5. The molecule has 0 aliphatic heterocycles. The largest absolute Gasteiger partial charge is 0.462 e. The van der Waals surface area contributed by atoms with Crippen LogP contribution in [-0.2, 0) is 9.53 Å². The predicted octanol–water partition coefficient (Wildman–Crippen LogP) is 4.80. The van der Waals surface area contributed by atoms with Gasteiger partial charge in [-0.2, -0.15) is 0 Å². The van der Waals surface area contributed by atoms with E-state index in [9.17, 15) is 9.90 Å². The molecule has 0 aliphatic carbocycles. The number of ether oxygens (including phenoxy) is 1. The Hall–Kier alpha value is -1.09. The van der Waals surface area contributed by atoms with E-state index in [0.29, 0.717) is 12.2 Å². The molecule has 22 heavy (non-hydrogen) atoms. The first-order valence-electron chi connectivity index (χ1n) is 8.67. The van der Waals surface area contributed by atoms with Gasteiger partial charge in [-0.05, 0) is 32.3 Å². The average molecular weight is 310 g/mol. The fourth-order valence-corrected chi connectivity index (χ4v) is 2.13. The van der Waals surface area contributed by atoms with E-state index in [1.54, 1.807) is 32.1 Å². The van der Waals surface area contributed by atoms with E-state index in [-0.39, 0.29) is 5.97 Å². The molecular weight excluding hydrogens is 276 g/mol. The van der Waals surface area contributed by atoms with Crippen LogP contribution < -0.4 is 0 Å². The third-order valence-corrected chi connectivity index (χ3v) is 3.51. The van der Waals surface area contributed by atoms with Crippen molar-refractivity contribution < 1.29 is 14.6 Å². The van der Waals surface area contributed by atoms with Crippen molar-refractivity contribution in [2.45, 2.75) is 78.7 Å². The number of unbranched alkanes of at least 4 members (excludes halogenated alkanes) is 5. The number of hydrogen-bond donors (Lipinski definition) is 1. The molecule has 128 valence electrons. The number of aliphatic hydroxyl groups excluding tert-OH is 1. The maximum absolute atomic E-state index is 11.8. The van der Waals surface area contributed by atoms with Gasteiger partial charge in [0.15, 0.2) is 0 Å². The number of aliphatic hydroxyl groups is 1. The van der Waals surface area contributed by atoms with Gasteiger partial charge in [0.05, 0.1) is 18.3 Å². The van der Waals surface area contributed by atoms with Crippen LogP contribution in [0.4, 0.5) is 0 Å². The summed E-state index contributed by atoms with van der Waals surface area (Å²) < 4.78 is 5.25. The zero-order valence-corrected chi connectivity index (χ0v) is 14.8. The van der Waals surface area contributed by atoms with Gasteiger partial charge in [-0.3, -0.25) is 0 Å². The molecule has 1 atom stereocenters. The Balaban J connectivity index is 3.64. The van der Waals surface area contributed by atoms with Crippen LogP contribution in [0.2, 0.25) is 0 Å². The minimum Gasteiger partial charge on any atom is -0.462 e. The predicted molar refractivity (Wildman–Crippen MR) is 92.7 cm³/mol. The van der Waals surface area contributed by atoms with Crippen molar-refractivity contribution in [3.05, 3.63) is 23.8 Å². The van der Waals surface area contributed by atoms with E-state index in [2.05, 4.69) is 13.8 Å². The van der Waals surface area contributed by atoms with Gasteiger partial charge in [-0.25, -0.2) is 4.79 Å². The van der Waals surface area contributed by atoms with Crippen LogP contribution >= 0.6 is 0 Å². The fraction of sp³-hybridized carbons (Fsp3) is 0.737. The van der Waals surface area contributed by atoms with E-state index in [0.717, 1.165) is 18.8 Å². The maximum Gasteiger partial charge on any atom is 0.337 e. The van der Waals surface area contributed by atoms with Crippen LogP contribution in [0.5, 0.6) is 0 Å². The lowest BCUT2D eigenvalue weighted by Gasteiger charge is -2.06. The summed E-state index contributed by atoms with van der Waals surface area (Å²) >= 11 is 0. The lowest BCUT2D eigenvalue weighted by atomic mass is 10.0. The molecule has 1 N–H and O–H groups in total. The molecule has 1 unspecified atom stereocenters. The van der Waals surface area contributed by atoms with Gasteiger partial charge in [0, 0.05) is 0 Å². The minimum absolute atomic E-state index is 0.309. The van der Waals surface area contributed by atoms with Crippen molar-refractivity contribution in [3.63, 3.8) is 0 Å². The lowest BCUT2D eigenvalue weighted by molar-refractivity contribution is -0.138. The first kappa shape index (κ1) is 20.9. The Labute approximate surface area is 136 Å². The molecule has 0 heterocycles. The topological polar surface area (TPSA) is 46.5 Å². The summed E-state index contributed by atoms with van der Waals surface area (Å²) in [6, 6.07) is 0. The number of esters is 1. The highest BCUT2D eigenvalue weighted by molar-refractivity contribution is 5.91. The van der Waals surface area contributed by atoms with Crippen molar-refractivity contribution in [2.75, 3.05) is 6.61 Å². The fourth-order valence-electron chi connectivity index (χ4n) is 2.13. The molecule has 0 saturated carbocycles. The standard InChI is InChI=1S/C19H34O3/c1-5-18(14-13-17(4)20)19(21)22-15-11-9-7-6-8-10-12-16(2)3/h5,13-14,16-17,20H,6-12,15H2,1-4H3/b14-13-,18-5+. The van der Waals surface area contributed by atoms with E-state index < -0.39 is 6.10 Å². The number of carbonyl (C=O) groups excluding carboxylic acids is 1. The Morgan fingerprint density at radius 2 is 1.64 bits per heavy atom. The smallest absolute Gasteiger partial charge is 0.337 e. The summed E-state index contributed by atoms with van der Waals surface area (Å²) in [5, 5.41) is 9.18. The lowest BCUT2D eigenvalue weighted by Crippen LogP contribution is -2.08. The molecule has 3 nitrogen and oxygen atoms in total. The van der Waals surface area contributed by atoms with Crippen LogP contribution in [0.15, 0.2) is 23.8 Å². The second kappa shape index (κ2) is 13.6. The minimum atomic E-state index is -0.557. The second-order valence-corrected chi connectivity index (χ2v) is 6.28.